The molecule has 2 amide bonds. The van der Waals surface area contributed by atoms with E-state index in [0.717, 1.165) is 0 Å². The van der Waals surface area contributed by atoms with E-state index in [1.807, 2.05) is 6.92 Å². The fraction of sp³-hybridized carbons (Fsp3) is 0.188. The van der Waals surface area contributed by atoms with Crippen molar-refractivity contribution in [3.05, 3.63) is 36.3 Å². The number of aromatic amines is 1. The van der Waals surface area contributed by atoms with E-state index in [1.165, 1.54) is 13.4 Å². The van der Waals surface area contributed by atoms with Crippen LogP contribution in [0.25, 0.3) is 0 Å². The molecular formula is C16H17N7O3. The number of nitrogens with one attached hydrogen (secondary N) is 4. The summed E-state index contributed by atoms with van der Waals surface area (Å²) in [6.45, 7) is 2.40. The second kappa shape index (κ2) is 8.84. The number of rotatable bonds is 7. The molecule has 0 spiro atoms. The van der Waals surface area contributed by atoms with Gasteiger partial charge in [0.25, 0.3) is 11.8 Å². The molecule has 10 nitrogen and oxygen atoms in total. The molecule has 2 aromatic rings. The first-order valence-electron chi connectivity index (χ1n) is 7.62. The summed E-state index contributed by atoms with van der Waals surface area (Å²) < 4.78 is 5.31. The minimum atomic E-state index is -0.707. The Labute approximate surface area is 149 Å². The van der Waals surface area contributed by atoms with Crippen molar-refractivity contribution in [2.24, 2.45) is 5.10 Å². The normalized spacial score (nSPS) is 10.6. The molecule has 0 aliphatic heterocycles. The molecule has 26 heavy (non-hydrogen) atoms. The maximum absolute atomic E-state index is 12.1. The van der Waals surface area contributed by atoms with Gasteiger partial charge >= 0.3 is 0 Å². The summed E-state index contributed by atoms with van der Waals surface area (Å²) in [5.74, 6) is -0.369. The van der Waals surface area contributed by atoms with E-state index < -0.39 is 17.5 Å². The minimum Gasteiger partial charge on any atom is -0.494 e. The standard InChI is InChI=1S/C16H17N7O3/c1-3-26-11-6-4-10(5-7-11)21-15(24)12(8-17)22-23-14-13(16(25)18-2)19-9-20-14/h4-7,9,23H,3H2,1-2H3,(H,18,25)(H,19,20)(H,21,24). The number of imidazole rings is 1. The number of hydrogen-bond acceptors (Lipinski definition) is 7. The van der Waals surface area contributed by atoms with Gasteiger partial charge in [0, 0.05) is 12.7 Å². The van der Waals surface area contributed by atoms with E-state index in [0.29, 0.717) is 18.0 Å². The Bertz CT molecular complexity index is 849. The molecule has 10 heteroatoms. The molecular weight excluding hydrogens is 338 g/mol. The van der Waals surface area contributed by atoms with Crippen LogP contribution in [-0.4, -0.2) is 41.1 Å². The molecule has 0 unspecified atom stereocenters. The number of carbonyl (C=O) groups excluding carboxylic acids is 2. The van der Waals surface area contributed by atoms with Crippen LogP contribution in [0.4, 0.5) is 11.5 Å². The third kappa shape index (κ3) is 4.57. The summed E-state index contributed by atoms with van der Waals surface area (Å²) in [5, 5.41) is 17.8. The fourth-order valence-corrected chi connectivity index (χ4v) is 1.90. The zero-order valence-corrected chi connectivity index (χ0v) is 14.2. The van der Waals surface area contributed by atoms with Gasteiger partial charge in [0.2, 0.25) is 5.71 Å². The van der Waals surface area contributed by atoms with Gasteiger partial charge in [-0.3, -0.25) is 15.0 Å². The highest BCUT2D eigenvalue weighted by Gasteiger charge is 2.15. The highest BCUT2D eigenvalue weighted by atomic mass is 16.5. The minimum absolute atomic E-state index is 0.0889. The van der Waals surface area contributed by atoms with Gasteiger partial charge in [-0.2, -0.15) is 10.4 Å². The van der Waals surface area contributed by atoms with Gasteiger partial charge in [-0.1, -0.05) is 0 Å². The number of hydrogen-bond donors (Lipinski definition) is 4. The predicted molar refractivity (Wildman–Crippen MR) is 94.9 cm³/mol. The summed E-state index contributed by atoms with van der Waals surface area (Å²) >= 11 is 0. The van der Waals surface area contributed by atoms with Crippen molar-refractivity contribution in [1.29, 1.82) is 5.26 Å². The Kier molecular flexibility index (Phi) is 6.28. The Morgan fingerprint density at radius 3 is 2.69 bits per heavy atom. The zero-order chi connectivity index (χ0) is 18.9. The van der Waals surface area contributed by atoms with Crippen LogP contribution in [-0.2, 0) is 4.79 Å². The van der Waals surface area contributed by atoms with Crippen LogP contribution in [0, 0.1) is 11.3 Å². The molecule has 0 bridgehead atoms. The first kappa shape index (κ1) is 18.5. The summed E-state index contributed by atoms with van der Waals surface area (Å²) in [4.78, 5) is 30.3. The van der Waals surface area contributed by atoms with E-state index in [9.17, 15) is 9.59 Å². The number of hydrazone groups is 1. The second-order valence-corrected chi connectivity index (χ2v) is 4.80. The zero-order valence-electron chi connectivity index (χ0n) is 14.2. The van der Waals surface area contributed by atoms with E-state index >= 15 is 0 Å². The summed E-state index contributed by atoms with van der Waals surface area (Å²) in [6, 6.07) is 8.36. The molecule has 0 saturated carbocycles. The second-order valence-electron chi connectivity index (χ2n) is 4.80. The van der Waals surface area contributed by atoms with E-state index in [4.69, 9.17) is 10.00 Å². The largest absolute Gasteiger partial charge is 0.494 e. The maximum Gasteiger partial charge on any atom is 0.287 e. The molecule has 1 aromatic carbocycles. The molecule has 0 saturated heterocycles. The van der Waals surface area contributed by atoms with Gasteiger partial charge in [-0.15, -0.1) is 0 Å². The number of benzene rings is 1. The molecule has 134 valence electrons. The molecule has 0 radical (unpaired) electrons. The topological polar surface area (TPSA) is 144 Å². The van der Waals surface area contributed by atoms with E-state index in [2.05, 4.69) is 31.1 Å². The lowest BCUT2D eigenvalue weighted by molar-refractivity contribution is -0.110. The third-order valence-corrected chi connectivity index (χ3v) is 3.11. The van der Waals surface area contributed by atoms with Crippen molar-refractivity contribution in [2.45, 2.75) is 6.92 Å². The van der Waals surface area contributed by atoms with Gasteiger partial charge in [0.05, 0.1) is 12.9 Å². The maximum atomic E-state index is 12.1. The van der Waals surface area contributed by atoms with Gasteiger partial charge in [-0.05, 0) is 31.2 Å². The number of nitrogens with zero attached hydrogens (tertiary/aromatic N) is 3. The average Bonchev–Trinajstić information content (AvgIpc) is 3.12. The van der Waals surface area contributed by atoms with Gasteiger partial charge in [0.15, 0.2) is 5.82 Å². The Hall–Kier alpha value is -3.87. The van der Waals surface area contributed by atoms with Crippen molar-refractivity contribution in [3.8, 4) is 11.8 Å². The lowest BCUT2D eigenvalue weighted by Crippen LogP contribution is -2.23. The van der Waals surface area contributed by atoms with Crippen LogP contribution in [0.1, 0.15) is 17.4 Å². The highest BCUT2D eigenvalue weighted by molar-refractivity contribution is 6.48. The third-order valence-electron chi connectivity index (χ3n) is 3.11. The summed E-state index contributed by atoms with van der Waals surface area (Å²) in [5.41, 5.74) is 2.61. The quantitative estimate of drug-likeness (QED) is 0.432. The van der Waals surface area contributed by atoms with Crippen LogP contribution in [0.2, 0.25) is 0 Å². The first-order valence-corrected chi connectivity index (χ1v) is 7.62. The Morgan fingerprint density at radius 2 is 2.08 bits per heavy atom. The van der Waals surface area contributed by atoms with Crippen molar-refractivity contribution < 1.29 is 14.3 Å². The lowest BCUT2D eigenvalue weighted by Gasteiger charge is -2.06. The van der Waals surface area contributed by atoms with E-state index in [-0.39, 0.29) is 11.5 Å². The fourth-order valence-electron chi connectivity index (χ4n) is 1.90. The number of ether oxygens (including phenoxy) is 1. The molecule has 2 rings (SSSR count). The number of nitriles is 1. The molecule has 0 fully saturated rings. The monoisotopic (exact) mass is 355 g/mol. The number of carbonyl (C=O) groups is 2. The van der Waals surface area contributed by atoms with Crippen molar-refractivity contribution in [3.63, 3.8) is 0 Å². The van der Waals surface area contributed by atoms with Gasteiger partial charge in [-0.25, -0.2) is 4.98 Å². The van der Waals surface area contributed by atoms with Crippen LogP contribution in [0.3, 0.4) is 0 Å². The SMILES string of the molecule is CCOc1ccc(NC(=O)C(C#N)=NNc2nc[nH]c2C(=O)NC)cc1. The summed E-state index contributed by atoms with van der Waals surface area (Å²) in [7, 11) is 1.46. The van der Waals surface area contributed by atoms with Crippen LogP contribution in [0.15, 0.2) is 35.7 Å². The number of H-pyrrole nitrogens is 1. The lowest BCUT2D eigenvalue weighted by atomic mass is 10.3. The van der Waals surface area contributed by atoms with Crippen LogP contribution >= 0.6 is 0 Å². The molecule has 0 aliphatic rings. The van der Waals surface area contributed by atoms with Crippen LogP contribution in [0.5, 0.6) is 5.75 Å². The van der Waals surface area contributed by atoms with Crippen molar-refractivity contribution >= 4 is 29.0 Å². The molecule has 0 aliphatic carbocycles. The summed E-state index contributed by atoms with van der Waals surface area (Å²) in [6.07, 6.45) is 1.29. The molecule has 4 N–H and O–H groups in total. The van der Waals surface area contributed by atoms with E-state index in [1.54, 1.807) is 30.3 Å². The predicted octanol–water partition coefficient (Wildman–Crippen LogP) is 1.10. The first-order chi connectivity index (χ1) is 12.6. The van der Waals surface area contributed by atoms with Gasteiger partial charge in [0.1, 0.15) is 17.5 Å². The number of anilines is 2. The average molecular weight is 355 g/mol. The van der Waals surface area contributed by atoms with Crippen molar-refractivity contribution in [1.82, 2.24) is 15.3 Å². The number of aromatic nitrogens is 2. The Balaban J connectivity index is 2.06. The van der Waals surface area contributed by atoms with Crippen molar-refractivity contribution in [2.75, 3.05) is 24.4 Å². The van der Waals surface area contributed by atoms with Gasteiger partial charge < -0.3 is 20.4 Å². The highest BCUT2D eigenvalue weighted by Crippen LogP contribution is 2.15. The Morgan fingerprint density at radius 1 is 1.35 bits per heavy atom. The smallest absolute Gasteiger partial charge is 0.287 e. The molecule has 1 aromatic heterocycles. The van der Waals surface area contributed by atoms with Crippen LogP contribution < -0.4 is 20.8 Å². The molecule has 1 heterocycles. The molecule has 0 atom stereocenters. The number of amides is 2.